The number of benzene rings is 1. The molecule has 1 amide bonds. The van der Waals surface area contributed by atoms with Crippen LogP contribution in [0.5, 0.6) is 0 Å². The van der Waals surface area contributed by atoms with Gasteiger partial charge in [0.25, 0.3) is 0 Å². The standard InChI is InChI=1S/C17H26N2O2/c1-14(2)12-21-16(20)19-13-17(8-10-18-11-9-17)15-6-4-3-5-7-15/h3-7,14,18H,8-13H2,1-2H3,(H,19,20). The Balaban J connectivity index is 1.99. The molecule has 21 heavy (non-hydrogen) atoms. The Hall–Kier alpha value is -1.55. The Labute approximate surface area is 127 Å². The van der Waals surface area contributed by atoms with Crippen molar-refractivity contribution >= 4 is 6.09 Å². The summed E-state index contributed by atoms with van der Waals surface area (Å²) in [5, 5.41) is 6.35. The number of carbonyl (C=O) groups is 1. The Bertz CT molecular complexity index is 439. The van der Waals surface area contributed by atoms with Crippen LogP contribution in [0.25, 0.3) is 0 Å². The average molecular weight is 290 g/mol. The van der Waals surface area contributed by atoms with E-state index in [0.29, 0.717) is 19.1 Å². The van der Waals surface area contributed by atoms with Crippen LogP contribution >= 0.6 is 0 Å². The molecule has 2 rings (SSSR count). The smallest absolute Gasteiger partial charge is 0.407 e. The van der Waals surface area contributed by atoms with Gasteiger partial charge in [-0.3, -0.25) is 0 Å². The first-order chi connectivity index (χ1) is 10.1. The van der Waals surface area contributed by atoms with Gasteiger partial charge in [-0.2, -0.15) is 0 Å². The Morgan fingerprint density at radius 3 is 2.57 bits per heavy atom. The molecule has 4 heteroatoms. The van der Waals surface area contributed by atoms with Gasteiger partial charge in [0.15, 0.2) is 0 Å². The summed E-state index contributed by atoms with van der Waals surface area (Å²) in [7, 11) is 0. The van der Waals surface area contributed by atoms with Gasteiger partial charge in [0, 0.05) is 12.0 Å². The predicted octanol–water partition coefficient (Wildman–Crippen LogP) is 2.69. The molecule has 1 aromatic rings. The molecular formula is C17H26N2O2. The van der Waals surface area contributed by atoms with Crippen molar-refractivity contribution in [2.24, 2.45) is 5.92 Å². The monoisotopic (exact) mass is 290 g/mol. The van der Waals surface area contributed by atoms with E-state index < -0.39 is 0 Å². The van der Waals surface area contributed by atoms with Crippen molar-refractivity contribution in [2.75, 3.05) is 26.2 Å². The number of nitrogens with one attached hydrogen (secondary N) is 2. The van der Waals surface area contributed by atoms with Crippen LogP contribution in [0, 0.1) is 5.92 Å². The Morgan fingerprint density at radius 1 is 1.29 bits per heavy atom. The molecule has 1 aliphatic rings. The lowest BCUT2D eigenvalue weighted by molar-refractivity contribution is 0.129. The second kappa shape index (κ2) is 7.46. The number of ether oxygens (including phenoxy) is 1. The molecule has 0 bridgehead atoms. The maximum Gasteiger partial charge on any atom is 0.407 e. The number of hydrogen-bond donors (Lipinski definition) is 2. The van der Waals surface area contributed by atoms with Crippen LogP contribution in [0.1, 0.15) is 32.3 Å². The van der Waals surface area contributed by atoms with Crippen LogP contribution in [-0.4, -0.2) is 32.3 Å². The lowest BCUT2D eigenvalue weighted by Gasteiger charge is -2.38. The molecule has 2 N–H and O–H groups in total. The van der Waals surface area contributed by atoms with E-state index in [1.165, 1.54) is 5.56 Å². The van der Waals surface area contributed by atoms with Gasteiger partial charge in [0.1, 0.15) is 0 Å². The van der Waals surface area contributed by atoms with E-state index in [-0.39, 0.29) is 11.5 Å². The summed E-state index contributed by atoms with van der Waals surface area (Å²) in [5.74, 6) is 0.359. The third-order valence-corrected chi connectivity index (χ3v) is 4.07. The van der Waals surface area contributed by atoms with Crippen molar-refractivity contribution in [3.63, 3.8) is 0 Å². The molecule has 1 heterocycles. The molecule has 0 unspecified atom stereocenters. The van der Waals surface area contributed by atoms with Crippen molar-refractivity contribution in [3.05, 3.63) is 35.9 Å². The summed E-state index contributed by atoms with van der Waals surface area (Å²) in [6.07, 6.45) is 1.75. The van der Waals surface area contributed by atoms with Crippen molar-refractivity contribution in [3.8, 4) is 0 Å². The summed E-state index contributed by atoms with van der Waals surface area (Å²) in [6.45, 7) is 7.13. The zero-order chi connectivity index (χ0) is 15.1. The van der Waals surface area contributed by atoms with E-state index in [0.717, 1.165) is 25.9 Å². The van der Waals surface area contributed by atoms with Crippen molar-refractivity contribution in [1.82, 2.24) is 10.6 Å². The summed E-state index contributed by atoms with van der Waals surface area (Å²) in [4.78, 5) is 11.8. The molecular weight excluding hydrogens is 264 g/mol. The largest absolute Gasteiger partial charge is 0.449 e. The lowest BCUT2D eigenvalue weighted by atomic mass is 9.73. The molecule has 4 nitrogen and oxygen atoms in total. The van der Waals surface area contributed by atoms with Gasteiger partial charge in [0.05, 0.1) is 6.61 Å². The van der Waals surface area contributed by atoms with E-state index in [2.05, 4.69) is 34.9 Å². The molecule has 1 saturated heterocycles. The highest BCUT2D eigenvalue weighted by molar-refractivity contribution is 5.67. The third-order valence-electron chi connectivity index (χ3n) is 4.07. The molecule has 1 aromatic carbocycles. The summed E-state index contributed by atoms with van der Waals surface area (Å²) >= 11 is 0. The minimum absolute atomic E-state index is 0.0172. The van der Waals surface area contributed by atoms with E-state index in [9.17, 15) is 4.79 Å². The zero-order valence-corrected chi connectivity index (χ0v) is 13.0. The van der Waals surface area contributed by atoms with Crippen LogP contribution in [0.4, 0.5) is 4.79 Å². The number of hydrogen-bond acceptors (Lipinski definition) is 3. The Morgan fingerprint density at radius 2 is 1.95 bits per heavy atom. The molecule has 116 valence electrons. The highest BCUT2D eigenvalue weighted by Crippen LogP contribution is 2.32. The molecule has 0 saturated carbocycles. The quantitative estimate of drug-likeness (QED) is 0.876. The first-order valence-electron chi connectivity index (χ1n) is 7.79. The van der Waals surface area contributed by atoms with Crippen LogP contribution in [0.3, 0.4) is 0 Å². The third kappa shape index (κ3) is 4.46. The second-order valence-electron chi connectivity index (χ2n) is 6.24. The highest BCUT2D eigenvalue weighted by Gasteiger charge is 2.34. The first-order valence-corrected chi connectivity index (χ1v) is 7.79. The van der Waals surface area contributed by atoms with Crippen LogP contribution < -0.4 is 10.6 Å². The fourth-order valence-corrected chi connectivity index (χ4v) is 2.80. The second-order valence-corrected chi connectivity index (χ2v) is 6.24. The van der Waals surface area contributed by atoms with Gasteiger partial charge >= 0.3 is 6.09 Å². The molecule has 0 aromatic heterocycles. The predicted molar refractivity (Wildman–Crippen MR) is 84.4 cm³/mol. The molecule has 0 spiro atoms. The van der Waals surface area contributed by atoms with Crippen molar-refractivity contribution in [1.29, 1.82) is 0 Å². The minimum Gasteiger partial charge on any atom is -0.449 e. The molecule has 0 aliphatic carbocycles. The molecule has 0 atom stereocenters. The SMILES string of the molecule is CC(C)COC(=O)NCC1(c2ccccc2)CCNCC1. The number of piperidine rings is 1. The lowest BCUT2D eigenvalue weighted by Crippen LogP contribution is -2.47. The van der Waals surface area contributed by atoms with E-state index in [4.69, 9.17) is 4.74 Å². The highest BCUT2D eigenvalue weighted by atomic mass is 16.5. The van der Waals surface area contributed by atoms with Crippen LogP contribution in [-0.2, 0) is 10.2 Å². The maximum absolute atomic E-state index is 11.8. The fraction of sp³-hybridized carbons (Fsp3) is 0.588. The van der Waals surface area contributed by atoms with Crippen LogP contribution in [0.2, 0.25) is 0 Å². The maximum atomic E-state index is 11.8. The first kappa shape index (κ1) is 15.8. The zero-order valence-electron chi connectivity index (χ0n) is 13.0. The van der Waals surface area contributed by atoms with Gasteiger partial charge in [-0.15, -0.1) is 0 Å². The molecule has 1 aliphatic heterocycles. The van der Waals surface area contributed by atoms with E-state index in [1.54, 1.807) is 0 Å². The molecule has 0 radical (unpaired) electrons. The summed E-state index contributed by atoms with van der Waals surface area (Å²) in [5.41, 5.74) is 1.32. The van der Waals surface area contributed by atoms with Gasteiger partial charge < -0.3 is 15.4 Å². The van der Waals surface area contributed by atoms with Crippen molar-refractivity contribution in [2.45, 2.75) is 32.1 Å². The number of rotatable bonds is 5. The number of amides is 1. The van der Waals surface area contributed by atoms with E-state index >= 15 is 0 Å². The number of carbonyl (C=O) groups excluding carboxylic acids is 1. The Kier molecular flexibility index (Phi) is 5.62. The van der Waals surface area contributed by atoms with Gasteiger partial charge in [-0.05, 0) is 37.4 Å². The van der Waals surface area contributed by atoms with Gasteiger partial charge in [-0.25, -0.2) is 4.79 Å². The van der Waals surface area contributed by atoms with Crippen LogP contribution in [0.15, 0.2) is 30.3 Å². The van der Waals surface area contributed by atoms with Gasteiger partial charge in [-0.1, -0.05) is 44.2 Å². The minimum atomic E-state index is -0.308. The average Bonchev–Trinajstić information content (AvgIpc) is 2.52. The fourth-order valence-electron chi connectivity index (χ4n) is 2.80. The summed E-state index contributed by atoms with van der Waals surface area (Å²) in [6, 6.07) is 10.5. The summed E-state index contributed by atoms with van der Waals surface area (Å²) < 4.78 is 5.21. The van der Waals surface area contributed by atoms with Crippen molar-refractivity contribution < 1.29 is 9.53 Å². The normalized spacial score (nSPS) is 17.5. The number of alkyl carbamates (subject to hydrolysis) is 1. The topological polar surface area (TPSA) is 50.4 Å². The van der Waals surface area contributed by atoms with E-state index in [1.807, 2.05) is 19.9 Å². The van der Waals surface area contributed by atoms with Gasteiger partial charge in [0.2, 0.25) is 0 Å². The molecule has 1 fully saturated rings.